The zero-order valence-corrected chi connectivity index (χ0v) is 11.7. The minimum atomic E-state index is -0.944. The molecule has 0 aliphatic carbocycles. The van der Waals surface area contributed by atoms with Gasteiger partial charge in [-0.15, -0.1) is 11.3 Å². The number of aromatic nitrogens is 2. The van der Waals surface area contributed by atoms with Gasteiger partial charge in [0.25, 0.3) is 0 Å². The van der Waals surface area contributed by atoms with E-state index >= 15 is 0 Å². The first kappa shape index (κ1) is 12.3. The number of carboxylic acids is 1. The third-order valence-corrected chi connectivity index (χ3v) is 4.08. The molecular formula is C11H11BrN2O2S. The molecule has 4 nitrogen and oxygen atoms in total. The standard InChI is InChI=1S/C11H11BrN2O2S/c1-11(2,10-13-3-4-17-10)14-6-7(12)5-8(14)9(15)16/h3-6H,1-2H3,(H,15,16). The summed E-state index contributed by atoms with van der Waals surface area (Å²) >= 11 is 4.82. The Morgan fingerprint density at radius 1 is 1.59 bits per heavy atom. The summed E-state index contributed by atoms with van der Waals surface area (Å²) in [5, 5.41) is 11.9. The van der Waals surface area contributed by atoms with Crippen LogP contribution < -0.4 is 0 Å². The van der Waals surface area contributed by atoms with Crippen LogP contribution in [-0.4, -0.2) is 20.6 Å². The van der Waals surface area contributed by atoms with Gasteiger partial charge in [-0.25, -0.2) is 9.78 Å². The summed E-state index contributed by atoms with van der Waals surface area (Å²) in [7, 11) is 0. The van der Waals surface area contributed by atoms with Gasteiger partial charge < -0.3 is 9.67 Å². The molecule has 0 unspecified atom stereocenters. The molecule has 6 heteroatoms. The summed E-state index contributed by atoms with van der Waals surface area (Å²) in [6.07, 6.45) is 3.49. The van der Waals surface area contributed by atoms with Crippen LogP contribution in [0.1, 0.15) is 29.3 Å². The van der Waals surface area contributed by atoms with Crippen LogP contribution in [0.15, 0.2) is 28.3 Å². The van der Waals surface area contributed by atoms with E-state index in [4.69, 9.17) is 0 Å². The zero-order chi connectivity index (χ0) is 12.6. The predicted octanol–water partition coefficient (Wildman–Crippen LogP) is 3.19. The summed E-state index contributed by atoms with van der Waals surface area (Å²) in [5.74, 6) is -0.944. The van der Waals surface area contributed by atoms with E-state index in [1.165, 1.54) is 11.3 Å². The van der Waals surface area contributed by atoms with Gasteiger partial charge in [0, 0.05) is 22.2 Å². The van der Waals surface area contributed by atoms with Gasteiger partial charge in [0.1, 0.15) is 10.7 Å². The molecular weight excluding hydrogens is 304 g/mol. The number of nitrogens with zero attached hydrogens (tertiary/aromatic N) is 2. The van der Waals surface area contributed by atoms with E-state index < -0.39 is 11.5 Å². The summed E-state index contributed by atoms with van der Waals surface area (Å²) < 4.78 is 2.47. The largest absolute Gasteiger partial charge is 0.477 e. The average molecular weight is 315 g/mol. The van der Waals surface area contributed by atoms with Crippen molar-refractivity contribution in [1.82, 2.24) is 9.55 Å². The smallest absolute Gasteiger partial charge is 0.352 e. The van der Waals surface area contributed by atoms with Gasteiger partial charge in [-0.2, -0.15) is 0 Å². The third-order valence-electron chi connectivity index (χ3n) is 2.56. The van der Waals surface area contributed by atoms with Gasteiger partial charge in [0.05, 0.1) is 5.54 Å². The van der Waals surface area contributed by atoms with Gasteiger partial charge in [-0.1, -0.05) is 0 Å². The van der Waals surface area contributed by atoms with Crippen LogP contribution in [-0.2, 0) is 5.54 Å². The van der Waals surface area contributed by atoms with Gasteiger partial charge in [0.2, 0.25) is 0 Å². The maximum atomic E-state index is 11.2. The van der Waals surface area contributed by atoms with Crippen LogP contribution >= 0.6 is 27.3 Å². The first-order valence-electron chi connectivity index (χ1n) is 4.94. The Morgan fingerprint density at radius 2 is 2.29 bits per heavy atom. The molecule has 0 saturated heterocycles. The fraction of sp³-hybridized carbons (Fsp3) is 0.273. The highest BCUT2D eigenvalue weighted by atomic mass is 79.9. The molecule has 0 aliphatic rings. The Morgan fingerprint density at radius 3 is 2.82 bits per heavy atom. The summed E-state index contributed by atoms with van der Waals surface area (Å²) in [4.78, 5) is 15.5. The first-order chi connectivity index (χ1) is 7.93. The lowest BCUT2D eigenvalue weighted by atomic mass is 10.1. The predicted molar refractivity (Wildman–Crippen MR) is 69.6 cm³/mol. The SMILES string of the molecule is CC(C)(c1nccs1)n1cc(Br)cc1C(=O)O. The summed E-state index contributed by atoms with van der Waals surface area (Å²) in [6, 6.07) is 1.59. The monoisotopic (exact) mass is 314 g/mol. The molecule has 0 aromatic carbocycles. The van der Waals surface area contributed by atoms with E-state index in [1.807, 2.05) is 19.2 Å². The number of halogens is 1. The second-order valence-electron chi connectivity index (χ2n) is 4.11. The molecule has 2 aromatic rings. The molecule has 2 heterocycles. The molecule has 0 spiro atoms. The van der Waals surface area contributed by atoms with Crippen LogP contribution in [0.5, 0.6) is 0 Å². The fourth-order valence-corrected chi connectivity index (χ4v) is 2.87. The highest BCUT2D eigenvalue weighted by Crippen LogP contribution is 2.31. The highest BCUT2D eigenvalue weighted by Gasteiger charge is 2.29. The molecule has 0 aliphatic heterocycles. The van der Waals surface area contributed by atoms with Gasteiger partial charge in [-0.05, 0) is 35.8 Å². The Hall–Kier alpha value is -1.14. The highest BCUT2D eigenvalue weighted by molar-refractivity contribution is 9.10. The van der Waals surface area contributed by atoms with Crippen LogP contribution in [0.3, 0.4) is 0 Å². The normalized spacial score (nSPS) is 11.7. The van der Waals surface area contributed by atoms with Crippen LogP contribution in [0.4, 0.5) is 0 Å². The van der Waals surface area contributed by atoms with Crippen molar-refractivity contribution in [2.75, 3.05) is 0 Å². The number of aromatic carboxylic acids is 1. The number of hydrogen-bond acceptors (Lipinski definition) is 3. The molecule has 0 radical (unpaired) electrons. The number of rotatable bonds is 3. The Bertz CT molecular complexity index is 546. The van der Waals surface area contributed by atoms with Gasteiger partial charge >= 0.3 is 5.97 Å². The number of hydrogen-bond donors (Lipinski definition) is 1. The van der Waals surface area contributed by atoms with Crippen LogP contribution in [0, 0.1) is 0 Å². The van der Waals surface area contributed by atoms with Crippen molar-refractivity contribution in [3.63, 3.8) is 0 Å². The van der Waals surface area contributed by atoms with Gasteiger partial charge in [-0.3, -0.25) is 0 Å². The molecule has 90 valence electrons. The molecule has 0 atom stereocenters. The molecule has 2 aromatic heterocycles. The van der Waals surface area contributed by atoms with Crippen LogP contribution in [0.2, 0.25) is 0 Å². The summed E-state index contributed by atoms with van der Waals surface area (Å²) in [6.45, 7) is 3.90. The second-order valence-corrected chi connectivity index (χ2v) is 5.93. The minimum absolute atomic E-state index is 0.247. The van der Waals surface area contributed by atoms with Crippen molar-refractivity contribution >= 4 is 33.2 Å². The Kier molecular flexibility index (Phi) is 3.09. The van der Waals surface area contributed by atoms with Crippen LogP contribution in [0.25, 0.3) is 0 Å². The van der Waals surface area contributed by atoms with E-state index in [-0.39, 0.29) is 5.69 Å². The molecule has 0 fully saturated rings. The van der Waals surface area contributed by atoms with Crippen molar-refractivity contribution in [2.24, 2.45) is 0 Å². The molecule has 0 bridgehead atoms. The van der Waals surface area contributed by atoms with Crippen molar-refractivity contribution in [3.05, 3.63) is 39.0 Å². The van der Waals surface area contributed by atoms with E-state index in [0.717, 1.165) is 9.48 Å². The third kappa shape index (κ3) is 2.14. The number of carboxylic acid groups (broad SMARTS) is 1. The lowest BCUT2D eigenvalue weighted by Gasteiger charge is -2.26. The van der Waals surface area contributed by atoms with E-state index in [9.17, 15) is 9.90 Å². The molecule has 17 heavy (non-hydrogen) atoms. The number of carbonyl (C=O) groups is 1. The zero-order valence-electron chi connectivity index (χ0n) is 9.35. The molecule has 1 N–H and O–H groups in total. The lowest BCUT2D eigenvalue weighted by Crippen LogP contribution is -2.29. The topological polar surface area (TPSA) is 55.1 Å². The maximum absolute atomic E-state index is 11.2. The maximum Gasteiger partial charge on any atom is 0.352 e. The molecule has 0 saturated carbocycles. The molecule has 2 rings (SSSR count). The Balaban J connectivity index is 2.57. The summed E-state index contributed by atoms with van der Waals surface area (Å²) in [5.41, 5.74) is -0.231. The Labute approximate surface area is 111 Å². The van der Waals surface area contributed by atoms with E-state index in [1.54, 1.807) is 23.0 Å². The molecule has 0 amide bonds. The van der Waals surface area contributed by atoms with Crippen molar-refractivity contribution < 1.29 is 9.90 Å². The average Bonchev–Trinajstić information content (AvgIpc) is 2.84. The van der Waals surface area contributed by atoms with Gasteiger partial charge in [0.15, 0.2) is 0 Å². The van der Waals surface area contributed by atoms with Crippen molar-refractivity contribution in [3.8, 4) is 0 Å². The van der Waals surface area contributed by atoms with E-state index in [2.05, 4.69) is 20.9 Å². The van der Waals surface area contributed by atoms with E-state index in [0.29, 0.717) is 0 Å². The minimum Gasteiger partial charge on any atom is -0.477 e. The van der Waals surface area contributed by atoms with Crippen molar-refractivity contribution in [2.45, 2.75) is 19.4 Å². The number of thiazole rings is 1. The fourth-order valence-electron chi connectivity index (χ4n) is 1.69. The first-order valence-corrected chi connectivity index (χ1v) is 6.62. The lowest BCUT2D eigenvalue weighted by molar-refractivity contribution is 0.0680. The van der Waals surface area contributed by atoms with Crippen molar-refractivity contribution in [1.29, 1.82) is 0 Å². The quantitative estimate of drug-likeness (QED) is 0.946. The second kappa shape index (κ2) is 4.27.